The Bertz CT molecular complexity index is 735. The fourth-order valence-corrected chi connectivity index (χ4v) is 4.25. The van der Waals surface area contributed by atoms with E-state index in [-0.39, 0.29) is 5.91 Å². The molecule has 0 atom stereocenters. The maximum absolute atomic E-state index is 12.5. The summed E-state index contributed by atoms with van der Waals surface area (Å²) in [5.41, 5.74) is 2.99. The maximum Gasteiger partial charge on any atom is 0.253 e. The summed E-state index contributed by atoms with van der Waals surface area (Å²) in [6.45, 7) is 10.5. The lowest BCUT2D eigenvalue weighted by molar-refractivity contribution is 0.0796. The van der Waals surface area contributed by atoms with Crippen LogP contribution in [0.3, 0.4) is 0 Å². The van der Waals surface area contributed by atoms with E-state index in [0.717, 1.165) is 49.0 Å². The van der Waals surface area contributed by atoms with E-state index in [2.05, 4.69) is 22.1 Å². The molecule has 0 aliphatic carbocycles. The first-order valence-corrected chi connectivity index (χ1v) is 10.7. The van der Waals surface area contributed by atoms with Gasteiger partial charge in [-0.05, 0) is 32.0 Å². The molecule has 1 aromatic heterocycles. The quantitative estimate of drug-likeness (QED) is 0.732. The number of aryl methyl sites for hydroxylation is 1. The molecule has 6 heteroatoms. The van der Waals surface area contributed by atoms with E-state index in [1.165, 1.54) is 18.5 Å². The average Bonchev–Trinajstić information content (AvgIpc) is 3.16. The Morgan fingerprint density at radius 2 is 1.89 bits per heavy atom. The van der Waals surface area contributed by atoms with Crippen LogP contribution in [-0.4, -0.2) is 67.0 Å². The van der Waals surface area contributed by atoms with Crippen molar-refractivity contribution in [2.45, 2.75) is 26.7 Å². The SMILES string of the molecule is CCCN1CCN(c2nc(CCN(C)C(=O)c3ccc(C)cc3)cs2)CC1. The van der Waals surface area contributed by atoms with Crippen molar-refractivity contribution in [3.63, 3.8) is 0 Å². The molecule has 2 heterocycles. The highest BCUT2D eigenvalue weighted by Gasteiger charge is 2.19. The molecule has 1 saturated heterocycles. The van der Waals surface area contributed by atoms with Crippen LogP contribution in [0.25, 0.3) is 0 Å². The third-order valence-corrected chi connectivity index (χ3v) is 6.02. The van der Waals surface area contributed by atoms with Gasteiger partial charge >= 0.3 is 0 Å². The van der Waals surface area contributed by atoms with Gasteiger partial charge in [0.2, 0.25) is 0 Å². The van der Waals surface area contributed by atoms with Crippen LogP contribution >= 0.6 is 11.3 Å². The summed E-state index contributed by atoms with van der Waals surface area (Å²) in [4.78, 5) is 24.0. The van der Waals surface area contributed by atoms with Crippen molar-refractivity contribution in [3.8, 4) is 0 Å². The van der Waals surface area contributed by atoms with Gasteiger partial charge in [-0.15, -0.1) is 11.3 Å². The van der Waals surface area contributed by atoms with Gasteiger partial charge in [0.05, 0.1) is 5.69 Å². The van der Waals surface area contributed by atoms with Crippen molar-refractivity contribution < 1.29 is 4.79 Å². The van der Waals surface area contributed by atoms with Crippen molar-refractivity contribution in [1.29, 1.82) is 0 Å². The first-order chi connectivity index (χ1) is 13.1. The van der Waals surface area contributed by atoms with Crippen molar-refractivity contribution >= 4 is 22.4 Å². The maximum atomic E-state index is 12.5. The Labute approximate surface area is 166 Å². The molecule has 0 saturated carbocycles. The number of hydrogen-bond acceptors (Lipinski definition) is 5. The number of likely N-dealkylation sites (N-methyl/N-ethyl adjacent to an activating group) is 1. The predicted molar refractivity (Wildman–Crippen MR) is 113 cm³/mol. The Balaban J connectivity index is 1.49. The summed E-state index contributed by atoms with van der Waals surface area (Å²) in [7, 11) is 1.86. The minimum Gasteiger partial charge on any atom is -0.346 e. The second-order valence-corrected chi connectivity index (χ2v) is 8.13. The molecule has 1 aromatic carbocycles. The van der Waals surface area contributed by atoms with Crippen LogP contribution < -0.4 is 4.90 Å². The summed E-state index contributed by atoms with van der Waals surface area (Å²) >= 11 is 1.72. The molecular formula is C21H30N4OS. The molecule has 5 nitrogen and oxygen atoms in total. The lowest BCUT2D eigenvalue weighted by Crippen LogP contribution is -2.46. The number of benzene rings is 1. The molecule has 1 amide bonds. The van der Waals surface area contributed by atoms with E-state index >= 15 is 0 Å². The number of anilines is 1. The molecule has 0 N–H and O–H groups in total. The van der Waals surface area contributed by atoms with Crippen LogP contribution in [0.2, 0.25) is 0 Å². The molecule has 3 rings (SSSR count). The predicted octanol–water partition coefficient (Wildman–Crippen LogP) is 3.30. The van der Waals surface area contributed by atoms with E-state index in [4.69, 9.17) is 4.98 Å². The minimum atomic E-state index is 0.0671. The number of aromatic nitrogens is 1. The Morgan fingerprint density at radius 1 is 1.19 bits per heavy atom. The zero-order valence-corrected chi connectivity index (χ0v) is 17.5. The van der Waals surface area contributed by atoms with Gasteiger partial charge in [0.15, 0.2) is 5.13 Å². The van der Waals surface area contributed by atoms with Gasteiger partial charge in [-0.2, -0.15) is 0 Å². The van der Waals surface area contributed by atoms with Crippen molar-refractivity contribution in [1.82, 2.24) is 14.8 Å². The molecule has 1 fully saturated rings. The van der Waals surface area contributed by atoms with Crippen molar-refractivity contribution in [2.24, 2.45) is 0 Å². The Kier molecular flexibility index (Phi) is 6.85. The van der Waals surface area contributed by atoms with Gasteiger partial charge in [0.25, 0.3) is 5.91 Å². The van der Waals surface area contributed by atoms with Gasteiger partial charge in [0, 0.05) is 57.1 Å². The van der Waals surface area contributed by atoms with Gasteiger partial charge in [-0.1, -0.05) is 24.6 Å². The zero-order chi connectivity index (χ0) is 19.2. The molecule has 0 unspecified atom stereocenters. The number of hydrogen-bond donors (Lipinski definition) is 0. The normalized spacial score (nSPS) is 15.1. The highest BCUT2D eigenvalue weighted by molar-refractivity contribution is 7.13. The van der Waals surface area contributed by atoms with E-state index in [1.807, 2.05) is 38.2 Å². The summed E-state index contributed by atoms with van der Waals surface area (Å²) in [6, 6.07) is 7.75. The van der Waals surface area contributed by atoms with E-state index in [1.54, 1.807) is 16.2 Å². The van der Waals surface area contributed by atoms with Gasteiger partial charge in [-0.3, -0.25) is 9.69 Å². The number of thiazole rings is 1. The van der Waals surface area contributed by atoms with Gasteiger partial charge in [-0.25, -0.2) is 4.98 Å². The number of piperazine rings is 1. The average molecular weight is 387 g/mol. The molecular weight excluding hydrogens is 356 g/mol. The highest BCUT2D eigenvalue weighted by Crippen LogP contribution is 2.22. The monoisotopic (exact) mass is 386 g/mol. The minimum absolute atomic E-state index is 0.0671. The number of rotatable bonds is 7. The van der Waals surface area contributed by atoms with E-state index < -0.39 is 0 Å². The van der Waals surface area contributed by atoms with Gasteiger partial charge in [0.1, 0.15) is 0 Å². The molecule has 1 aliphatic heterocycles. The standard InChI is InChI=1S/C21H30N4OS/c1-4-10-24-12-14-25(15-13-24)21-22-19(16-27-21)9-11-23(3)20(26)18-7-5-17(2)6-8-18/h5-8,16H,4,9-15H2,1-3H3. The summed E-state index contributed by atoms with van der Waals surface area (Å²) in [5, 5.41) is 3.26. The van der Waals surface area contributed by atoms with Crippen LogP contribution in [-0.2, 0) is 6.42 Å². The Morgan fingerprint density at radius 3 is 2.56 bits per heavy atom. The zero-order valence-electron chi connectivity index (χ0n) is 16.6. The second kappa shape index (κ2) is 9.33. The lowest BCUT2D eigenvalue weighted by Gasteiger charge is -2.34. The van der Waals surface area contributed by atoms with Crippen molar-refractivity contribution in [3.05, 3.63) is 46.5 Å². The van der Waals surface area contributed by atoms with Crippen LogP contribution in [0, 0.1) is 6.92 Å². The van der Waals surface area contributed by atoms with Crippen molar-refractivity contribution in [2.75, 3.05) is 51.2 Å². The van der Waals surface area contributed by atoms with E-state index in [9.17, 15) is 4.79 Å². The third kappa shape index (κ3) is 5.30. The number of nitrogens with zero attached hydrogens (tertiary/aromatic N) is 4. The fourth-order valence-electron chi connectivity index (χ4n) is 3.34. The highest BCUT2D eigenvalue weighted by atomic mass is 32.1. The van der Waals surface area contributed by atoms with Crippen LogP contribution in [0.5, 0.6) is 0 Å². The number of carbonyl (C=O) groups is 1. The third-order valence-electron chi connectivity index (χ3n) is 5.07. The summed E-state index contributed by atoms with van der Waals surface area (Å²) < 4.78 is 0. The molecule has 0 bridgehead atoms. The fraction of sp³-hybridized carbons (Fsp3) is 0.524. The van der Waals surface area contributed by atoms with Crippen LogP contribution in [0.1, 0.15) is 35.0 Å². The number of amides is 1. The second-order valence-electron chi connectivity index (χ2n) is 7.29. The summed E-state index contributed by atoms with van der Waals surface area (Å²) in [6.07, 6.45) is 2.01. The topological polar surface area (TPSA) is 39.7 Å². The molecule has 146 valence electrons. The first-order valence-electron chi connectivity index (χ1n) is 9.80. The first kappa shape index (κ1) is 19.8. The smallest absolute Gasteiger partial charge is 0.253 e. The molecule has 2 aromatic rings. The van der Waals surface area contributed by atoms with Gasteiger partial charge < -0.3 is 9.80 Å². The Hall–Kier alpha value is -1.92. The number of carbonyl (C=O) groups excluding carboxylic acids is 1. The van der Waals surface area contributed by atoms with Crippen LogP contribution in [0.15, 0.2) is 29.6 Å². The largest absolute Gasteiger partial charge is 0.346 e. The summed E-state index contributed by atoms with van der Waals surface area (Å²) in [5.74, 6) is 0.0671. The molecule has 27 heavy (non-hydrogen) atoms. The van der Waals surface area contributed by atoms with E-state index in [0.29, 0.717) is 6.54 Å². The lowest BCUT2D eigenvalue weighted by atomic mass is 10.1. The van der Waals surface area contributed by atoms with Crippen LogP contribution in [0.4, 0.5) is 5.13 Å². The molecule has 1 aliphatic rings. The molecule has 0 spiro atoms. The molecule has 0 radical (unpaired) electrons.